The minimum atomic E-state index is -1.35. The van der Waals surface area contributed by atoms with Gasteiger partial charge < -0.3 is 25.4 Å². The van der Waals surface area contributed by atoms with Gasteiger partial charge in [-0.15, -0.1) is 0 Å². The Labute approximate surface area is 141 Å². The smallest absolute Gasteiger partial charge is 0.269 e. The number of rotatable bonds is 5. The topological polar surface area (TPSA) is 142 Å². The predicted octanol–water partition coefficient (Wildman–Crippen LogP) is -0.369. The Morgan fingerprint density at radius 1 is 1.33 bits per heavy atom. The number of nitrogens with one attached hydrogen (secondary N) is 1. The van der Waals surface area contributed by atoms with Crippen molar-refractivity contribution < 1.29 is 29.8 Å². The summed E-state index contributed by atoms with van der Waals surface area (Å²) in [6.45, 7) is 0.771. The van der Waals surface area contributed by atoms with E-state index in [0.29, 0.717) is 4.90 Å². The second kappa shape index (κ2) is 7.90. The minimum absolute atomic E-state index is 0.0639. The molecule has 132 valence electrons. The van der Waals surface area contributed by atoms with Crippen molar-refractivity contribution >= 4 is 23.4 Å². The summed E-state index contributed by atoms with van der Waals surface area (Å²) in [6, 6.07) is 4.78. The zero-order chi connectivity index (χ0) is 17.9. The van der Waals surface area contributed by atoms with E-state index in [2.05, 4.69) is 5.32 Å². The lowest BCUT2D eigenvalue weighted by atomic mass is 9.98. The van der Waals surface area contributed by atoms with Crippen molar-refractivity contribution in [2.24, 2.45) is 0 Å². The van der Waals surface area contributed by atoms with E-state index in [4.69, 9.17) is 4.74 Å². The normalized spacial score (nSPS) is 29.9. The SMILES string of the molecule is CC(=O)N[C@@H]1[C@@H](O)[C@H](O)[C@@H](CO)O[C@H]1Sc1ccc([N+](=O)[O-])cc1. The molecule has 1 aromatic rings. The molecule has 0 saturated carbocycles. The van der Waals surface area contributed by atoms with Crippen LogP contribution in [0.2, 0.25) is 0 Å². The van der Waals surface area contributed by atoms with Crippen LogP contribution in [0, 0.1) is 10.1 Å². The fourth-order valence-electron chi connectivity index (χ4n) is 2.35. The maximum Gasteiger partial charge on any atom is 0.269 e. The van der Waals surface area contributed by atoms with Crippen LogP contribution in [0.5, 0.6) is 0 Å². The van der Waals surface area contributed by atoms with Crippen LogP contribution in [-0.2, 0) is 9.53 Å². The molecule has 9 nitrogen and oxygen atoms in total. The molecule has 0 spiro atoms. The number of carbonyl (C=O) groups is 1. The molecule has 1 fully saturated rings. The van der Waals surface area contributed by atoms with Gasteiger partial charge in [-0.3, -0.25) is 14.9 Å². The van der Waals surface area contributed by atoms with E-state index in [9.17, 15) is 30.2 Å². The van der Waals surface area contributed by atoms with Crippen molar-refractivity contribution in [2.75, 3.05) is 6.61 Å². The van der Waals surface area contributed by atoms with Crippen LogP contribution >= 0.6 is 11.8 Å². The van der Waals surface area contributed by atoms with Crippen molar-refractivity contribution in [2.45, 2.75) is 41.6 Å². The highest BCUT2D eigenvalue weighted by Crippen LogP contribution is 2.34. The molecular weight excluding hydrogens is 340 g/mol. The number of amides is 1. The standard InChI is InChI=1S/C14H18N2O7S/c1-7(18)15-11-13(20)12(19)10(6-17)23-14(11)24-9-4-2-8(3-5-9)16(21)22/h2-5,10-14,17,19-20H,6H2,1H3,(H,15,18)/t10-,11-,12-,13-,14+/m1/s1. The van der Waals surface area contributed by atoms with Crippen molar-refractivity contribution in [3.63, 3.8) is 0 Å². The molecule has 2 rings (SSSR count). The van der Waals surface area contributed by atoms with Crippen LogP contribution in [0.4, 0.5) is 5.69 Å². The molecule has 0 bridgehead atoms. The molecular formula is C14H18N2O7S. The Morgan fingerprint density at radius 2 is 1.96 bits per heavy atom. The van der Waals surface area contributed by atoms with Crippen molar-refractivity contribution in [3.05, 3.63) is 34.4 Å². The monoisotopic (exact) mass is 358 g/mol. The zero-order valence-electron chi connectivity index (χ0n) is 12.7. The average molecular weight is 358 g/mol. The van der Waals surface area contributed by atoms with Gasteiger partial charge in [-0.2, -0.15) is 0 Å². The first-order valence-corrected chi connectivity index (χ1v) is 8.02. The summed E-state index contributed by atoms with van der Waals surface area (Å²) in [4.78, 5) is 22.1. The number of ether oxygens (including phenoxy) is 1. The Bertz CT molecular complexity index is 597. The van der Waals surface area contributed by atoms with Gasteiger partial charge in [-0.25, -0.2) is 0 Å². The summed E-state index contributed by atoms with van der Waals surface area (Å²) in [6.07, 6.45) is -3.67. The number of non-ortho nitro benzene ring substituents is 1. The number of nitrogens with zero attached hydrogens (tertiary/aromatic N) is 1. The van der Waals surface area contributed by atoms with Gasteiger partial charge >= 0.3 is 0 Å². The lowest BCUT2D eigenvalue weighted by Gasteiger charge is -2.42. The van der Waals surface area contributed by atoms with Crippen LogP contribution in [0.3, 0.4) is 0 Å². The first-order chi connectivity index (χ1) is 11.3. The molecule has 1 aliphatic rings. The molecule has 0 aliphatic carbocycles. The molecule has 24 heavy (non-hydrogen) atoms. The van der Waals surface area contributed by atoms with E-state index < -0.39 is 47.2 Å². The Balaban J connectivity index is 2.19. The summed E-state index contributed by atoms with van der Waals surface area (Å²) in [5, 5.41) is 42.6. The van der Waals surface area contributed by atoms with E-state index in [1.54, 1.807) is 0 Å². The first kappa shape index (κ1) is 18.6. The second-order valence-corrected chi connectivity index (χ2v) is 6.47. The Kier molecular flexibility index (Phi) is 6.13. The molecule has 0 radical (unpaired) electrons. The third-order valence-electron chi connectivity index (χ3n) is 3.55. The van der Waals surface area contributed by atoms with Crippen LogP contribution in [0.25, 0.3) is 0 Å². The maximum atomic E-state index is 11.3. The van der Waals surface area contributed by atoms with Crippen molar-refractivity contribution in [1.29, 1.82) is 0 Å². The highest BCUT2D eigenvalue weighted by molar-refractivity contribution is 7.99. The van der Waals surface area contributed by atoms with Gasteiger partial charge in [0.05, 0.1) is 17.6 Å². The molecule has 1 aromatic carbocycles. The fraction of sp³-hybridized carbons (Fsp3) is 0.500. The zero-order valence-corrected chi connectivity index (χ0v) is 13.5. The summed E-state index contributed by atoms with van der Waals surface area (Å²) in [7, 11) is 0. The minimum Gasteiger partial charge on any atom is -0.394 e. The van der Waals surface area contributed by atoms with Gasteiger partial charge in [-0.05, 0) is 12.1 Å². The van der Waals surface area contributed by atoms with E-state index in [-0.39, 0.29) is 5.69 Å². The number of hydrogen-bond donors (Lipinski definition) is 4. The lowest BCUT2D eigenvalue weighted by Crippen LogP contribution is -2.63. The average Bonchev–Trinajstić information content (AvgIpc) is 2.54. The molecule has 0 aromatic heterocycles. The van der Waals surface area contributed by atoms with E-state index >= 15 is 0 Å². The van der Waals surface area contributed by atoms with Crippen LogP contribution in [0.1, 0.15) is 6.92 Å². The van der Waals surface area contributed by atoms with Gasteiger partial charge in [0.1, 0.15) is 23.7 Å². The summed E-state index contributed by atoms with van der Waals surface area (Å²) < 4.78 is 5.57. The lowest BCUT2D eigenvalue weighted by molar-refractivity contribution is -0.384. The summed E-state index contributed by atoms with van der Waals surface area (Å²) in [5.74, 6) is -0.411. The molecule has 0 unspecified atom stereocenters. The largest absolute Gasteiger partial charge is 0.394 e. The van der Waals surface area contributed by atoms with Crippen LogP contribution in [0.15, 0.2) is 29.2 Å². The van der Waals surface area contributed by atoms with Gasteiger partial charge in [0.15, 0.2) is 0 Å². The molecule has 5 atom stereocenters. The number of nitro benzene ring substituents is 1. The number of thioether (sulfide) groups is 1. The number of nitro groups is 1. The predicted molar refractivity (Wildman–Crippen MR) is 84.3 cm³/mol. The number of carbonyl (C=O) groups excluding carboxylic acids is 1. The van der Waals surface area contributed by atoms with Crippen LogP contribution < -0.4 is 5.32 Å². The molecule has 1 amide bonds. The molecule has 1 saturated heterocycles. The maximum absolute atomic E-state index is 11.3. The number of aliphatic hydroxyl groups excluding tert-OH is 3. The third-order valence-corrected chi connectivity index (χ3v) is 4.73. The van der Waals surface area contributed by atoms with Gasteiger partial charge in [0, 0.05) is 24.0 Å². The molecule has 1 heterocycles. The first-order valence-electron chi connectivity index (χ1n) is 7.14. The molecule has 4 N–H and O–H groups in total. The third kappa shape index (κ3) is 4.22. The summed E-state index contributed by atoms with van der Waals surface area (Å²) >= 11 is 1.12. The Morgan fingerprint density at radius 3 is 2.46 bits per heavy atom. The van der Waals surface area contributed by atoms with Gasteiger partial charge in [0.2, 0.25) is 5.91 Å². The molecule has 10 heteroatoms. The number of benzene rings is 1. The molecule has 1 aliphatic heterocycles. The highest BCUT2D eigenvalue weighted by Gasteiger charge is 2.45. The van der Waals surface area contributed by atoms with E-state index in [1.165, 1.54) is 31.2 Å². The van der Waals surface area contributed by atoms with Crippen molar-refractivity contribution in [3.8, 4) is 0 Å². The highest BCUT2D eigenvalue weighted by atomic mass is 32.2. The van der Waals surface area contributed by atoms with Crippen molar-refractivity contribution in [1.82, 2.24) is 5.32 Å². The Hall–Kier alpha value is -1.72. The van der Waals surface area contributed by atoms with Gasteiger partial charge in [-0.1, -0.05) is 11.8 Å². The summed E-state index contributed by atoms with van der Waals surface area (Å²) in [5.41, 5.74) is -0.850. The van der Waals surface area contributed by atoms with E-state index in [0.717, 1.165) is 11.8 Å². The second-order valence-electron chi connectivity index (χ2n) is 5.30. The quantitative estimate of drug-likeness (QED) is 0.412. The van der Waals surface area contributed by atoms with Gasteiger partial charge in [0.25, 0.3) is 5.69 Å². The number of aliphatic hydroxyl groups is 3. The van der Waals surface area contributed by atoms with Crippen LogP contribution in [-0.4, -0.2) is 62.5 Å². The van der Waals surface area contributed by atoms with E-state index in [1.807, 2.05) is 0 Å². The number of hydrogen-bond acceptors (Lipinski definition) is 8. The fourth-order valence-corrected chi connectivity index (χ4v) is 3.49.